The van der Waals surface area contributed by atoms with E-state index in [4.69, 9.17) is 23.2 Å². The van der Waals surface area contributed by atoms with Gasteiger partial charge in [0.05, 0.1) is 10.0 Å². The van der Waals surface area contributed by atoms with E-state index in [1.54, 1.807) is 6.07 Å². The molecule has 104 valence electrons. The molecule has 0 radical (unpaired) electrons. The lowest BCUT2D eigenvalue weighted by Crippen LogP contribution is -2.20. The highest BCUT2D eigenvalue weighted by molar-refractivity contribution is 6.42. The maximum Gasteiger partial charge on any atom is 0.330 e. The number of hydrogen-bond donors (Lipinski definition) is 2. The highest BCUT2D eigenvalue weighted by Gasteiger charge is 2.20. The van der Waals surface area contributed by atoms with Crippen molar-refractivity contribution in [2.75, 3.05) is 5.32 Å². The van der Waals surface area contributed by atoms with Gasteiger partial charge < -0.3 is 10.4 Å². The van der Waals surface area contributed by atoms with Crippen LogP contribution in [0.2, 0.25) is 10.0 Å². The van der Waals surface area contributed by atoms with E-state index in [-0.39, 0.29) is 5.02 Å². The van der Waals surface area contributed by atoms with Gasteiger partial charge in [-0.25, -0.2) is 9.18 Å². The third kappa shape index (κ3) is 3.40. The van der Waals surface area contributed by atoms with E-state index in [1.807, 2.05) is 0 Å². The average molecular weight is 314 g/mol. The van der Waals surface area contributed by atoms with Gasteiger partial charge in [0.15, 0.2) is 6.04 Å². The smallest absolute Gasteiger partial charge is 0.330 e. The van der Waals surface area contributed by atoms with Crippen LogP contribution in [0.4, 0.5) is 10.1 Å². The Morgan fingerprint density at radius 2 is 1.75 bits per heavy atom. The Hall–Kier alpha value is -1.78. The van der Waals surface area contributed by atoms with Gasteiger partial charge in [-0.1, -0.05) is 29.3 Å². The number of rotatable bonds is 4. The first-order valence-electron chi connectivity index (χ1n) is 5.67. The maximum atomic E-state index is 12.8. The molecular formula is C14H10Cl2FNO2. The summed E-state index contributed by atoms with van der Waals surface area (Å²) in [5.74, 6) is -1.47. The van der Waals surface area contributed by atoms with Crippen LogP contribution < -0.4 is 5.32 Å². The Morgan fingerprint density at radius 1 is 1.10 bits per heavy atom. The van der Waals surface area contributed by atoms with Gasteiger partial charge >= 0.3 is 5.97 Å². The topological polar surface area (TPSA) is 49.3 Å². The highest BCUT2D eigenvalue weighted by Crippen LogP contribution is 2.27. The quantitative estimate of drug-likeness (QED) is 0.881. The summed E-state index contributed by atoms with van der Waals surface area (Å²) in [6.07, 6.45) is 0. The summed E-state index contributed by atoms with van der Waals surface area (Å²) in [7, 11) is 0. The minimum Gasteiger partial charge on any atom is -0.479 e. The SMILES string of the molecule is O=C(O)C(Nc1ccc(F)cc1)c1ccc(Cl)c(Cl)c1. The first-order chi connectivity index (χ1) is 9.47. The summed E-state index contributed by atoms with van der Waals surface area (Å²) >= 11 is 11.7. The first kappa shape index (κ1) is 14.6. The van der Waals surface area contributed by atoms with Crippen LogP contribution in [0.3, 0.4) is 0 Å². The number of nitrogens with one attached hydrogen (secondary N) is 1. The molecule has 0 bridgehead atoms. The second-order valence-corrected chi connectivity index (χ2v) is 4.91. The van der Waals surface area contributed by atoms with Crippen LogP contribution in [0.15, 0.2) is 42.5 Å². The van der Waals surface area contributed by atoms with Crippen LogP contribution in [0, 0.1) is 5.82 Å². The molecule has 0 saturated heterocycles. The molecule has 0 spiro atoms. The molecule has 1 atom stereocenters. The van der Waals surface area contributed by atoms with Crippen molar-refractivity contribution in [3.8, 4) is 0 Å². The molecule has 0 amide bonds. The number of carbonyl (C=O) groups is 1. The molecule has 2 N–H and O–H groups in total. The number of benzene rings is 2. The van der Waals surface area contributed by atoms with Crippen molar-refractivity contribution < 1.29 is 14.3 Å². The second kappa shape index (κ2) is 6.11. The monoisotopic (exact) mass is 313 g/mol. The van der Waals surface area contributed by atoms with Crippen molar-refractivity contribution in [3.63, 3.8) is 0 Å². The van der Waals surface area contributed by atoms with E-state index in [1.165, 1.54) is 36.4 Å². The van der Waals surface area contributed by atoms with Crippen LogP contribution in [0.5, 0.6) is 0 Å². The molecule has 6 heteroatoms. The number of anilines is 1. The van der Waals surface area contributed by atoms with Gasteiger partial charge in [-0.15, -0.1) is 0 Å². The zero-order valence-corrected chi connectivity index (χ0v) is 11.6. The molecule has 2 rings (SSSR count). The molecule has 2 aromatic rings. The van der Waals surface area contributed by atoms with E-state index in [0.29, 0.717) is 16.3 Å². The van der Waals surface area contributed by atoms with E-state index in [0.717, 1.165) is 0 Å². The Morgan fingerprint density at radius 3 is 2.30 bits per heavy atom. The van der Waals surface area contributed by atoms with Gasteiger partial charge in [0.2, 0.25) is 0 Å². The van der Waals surface area contributed by atoms with Gasteiger partial charge in [0, 0.05) is 5.69 Å². The van der Waals surface area contributed by atoms with Crippen molar-refractivity contribution in [1.82, 2.24) is 0 Å². The number of carboxylic acids is 1. The molecule has 0 aromatic heterocycles. The van der Waals surface area contributed by atoms with Crippen LogP contribution in [0.1, 0.15) is 11.6 Å². The Kier molecular flexibility index (Phi) is 4.47. The lowest BCUT2D eigenvalue weighted by molar-refractivity contribution is -0.138. The van der Waals surface area contributed by atoms with Gasteiger partial charge in [-0.05, 0) is 42.0 Å². The van der Waals surface area contributed by atoms with Crippen LogP contribution in [0.25, 0.3) is 0 Å². The van der Waals surface area contributed by atoms with Crippen molar-refractivity contribution in [3.05, 3.63) is 63.9 Å². The number of aliphatic carboxylic acids is 1. The lowest BCUT2D eigenvalue weighted by Gasteiger charge is -2.16. The molecule has 2 aromatic carbocycles. The summed E-state index contributed by atoms with van der Waals surface area (Å²) in [6.45, 7) is 0. The largest absolute Gasteiger partial charge is 0.479 e. The average Bonchev–Trinajstić information content (AvgIpc) is 2.41. The Labute approximate surface area is 124 Å². The van der Waals surface area contributed by atoms with Gasteiger partial charge in [-0.2, -0.15) is 0 Å². The second-order valence-electron chi connectivity index (χ2n) is 4.10. The Bertz CT molecular complexity index is 632. The molecule has 0 aliphatic carbocycles. The number of carboxylic acid groups (broad SMARTS) is 1. The molecule has 3 nitrogen and oxygen atoms in total. The van der Waals surface area contributed by atoms with E-state index in [2.05, 4.69) is 5.32 Å². The lowest BCUT2D eigenvalue weighted by atomic mass is 10.1. The fourth-order valence-electron chi connectivity index (χ4n) is 1.69. The highest BCUT2D eigenvalue weighted by atomic mass is 35.5. The predicted molar refractivity (Wildman–Crippen MR) is 76.9 cm³/mol. The molecule has 0 aliphatic heterocycles. The van der Waals surface area contributed by atoms with E-state index < -0.39 is 17.8 Å². The predicted octanol–water partition coefficient (Wildman–Crippen LogP) is 4.37. The molecular weight excluding hydrogens is 304 g/mol. The molecule has 1 unspecified atom stereocenters. The molecule has 0 fully saturated rings. The minimum atomic E-state index is -1.08. The Balaban J connectivity index is 2.29. The maximum absolute atomic E-state index is 12.8. The fraction of sp³-hybridized carbons (Fsp3) is 0.0714. The van der Waals surface area contributed by atoms with Crippen LogP contribution >= 0.6 is 23.2 Å². The van der Waals surface area contributed by atoms with Crippen molar-refractivity contribution in [1.29, 1.82) is 0 Å². The molecule has 0 saturated carbocycles. The standard InChI is InChI=1S/C14H10Cl2FNO2/c15-11-6-1-8(7-12(11)16)13(14(19)20)18-10-4-2-9(17)3-5-10/h1-7,13,18H,(H,19,20). The summed E-state index contributed by atoms with van der Waals surface area (Å²) in [6, 6.07) is 9.00. The molecule has 0 aliphatic rings. The summed E-state index contributed by atoms with van der Waals surface area (Å²) in [5.41, 5.74) is 0.945. The minimum absolute atomic E-state index is 0.274. The molecule has 20 heavy (non-hydrogen) atoms. The fourth-order valence-corrected chi connectivity index (χ4v) is 2.00. The normalized spacial score (nSPS) is 11.9. The third-order valence-electron chi connectivity index (χ3n) is 2.68. The van der Waals surface area contributed by atoms with E-state index >= 15 is 0 Å². The number of halogens is 3. The summed E-state index contributed by atoms with van der Waals surface area (Å²) < 4.78 is 12.8. The van der Waals surface area contributed by atoms with Gasteiger partial charge in [0.25, 0.3) is 0 Å². The zero-order chi connectivity index (χ0) is 14.7. The first-order valence-corrected chi connectivity index (χ1v) is 6.43. The van der Waals surface area contributed by atoms with Crippen molar-refractivity contribution >= 4 is 34.9 Å². The number of hydrogen-bond acceptors (Lipinski definition) is 2. The molecule has 0 heterocycles. The van der Waals surface area contributed by atoms with Gasteiger partial charge in [0.1, 0.15) is 5.82 Å². The van der Waals surface area contributed by atoms with Crippen LogP contribution in [-0.4, -0.2) is 11.1 Å². The summed E-state index contributed by atoms with van der Waals surface area (Å²) in [4.78, 5) is 11.4. The van der Waals surface area contributed by atoms with Crippen molar-refractivity contribution in [2.45, 2.75) is 6.04 Å². The third-order valence-corrected chi connectivity index (χ3v) is 3.42. The van der Waals surface area contributed by atoms with Gasteiger partial charge in [-0.3, -0.25) is 0 Å². The summed E-state index contributed by atoms with van der Waals surface area (Å²) in [5, 5.41) is 12.7. The van der Waals surface area contributed by atoms with Crippen molar-refractivity contribution in [2.24, 2.45) is 0 Å². The van der Waals surface area contributed by atoms with Crippen LogP contribution in [-0.2, 0) is 4.79 Å². The zero-order valence-electron chi connectivity index (χ0n) is 10.1. The van der Waals surface area contributed by atoms with E-state index in [9.17, 15) is 14.3 Å².